The number of nitrogens with one attached hydrogen (secondary N) is 1. The van der Waals surface area contributed by atoms with E-state index >= 15 is 0 Å². The summed E-state index contributed by atoms with van der Waals surface area (Å²) in [5.41, 5.74) is 0.581. The van der Waals surface area contributed by atoms with Gasteiger partial charge in [0.1, 0.15) is 17.2 Å². The Balaban J connectivity index is 1.30. The Hall–Kier alpha value is -3.02. The smallest absolute Gasteiger partial charge is 0.407 e. The van der Waals surface area contributed by atoms with E-state index in [2.05, 4.69) is 10.2 Å². The molecule has 1 amide bonds. The third-order valence-corrected chi connectivity index (χ3v) is 5.91. The Labute approximate surface area is 179 Å². The Kier molecular flexibility index (Phi) is 6.16. The largest absolute Gasteiger partial charge is 0.441 e. The molecule has 0 radical (unpaired) electrons. The Bertz CT molecular complexity index is 996. The molecule has 0 unspecified atom stereocenters. The summed E-state index contributed by atoms with van der Waals surface area (Å²) < 4.78 is 40.3. The molecule has 1 N–H and O–H groups in total. The van der Waals surface area contributed by atoms with E-state index in [1.165, 1.54) is 36.4 Å². The van der Waals surface area contributed by atoms with E-state index in [1.807, 2.05) is 6.07 Å². The zero-order valence-corrected chi connectivity index (χ0v) is 17.0. The SMILES string of the molecule is N#Cc1ccc(-c2c(F)ccc(COCCN3CCC4(CC3)CNC(=O)O4)c2F)cc1. The summed E-state index contributed by atoms with van der Waals surface area (Å²) in [5.74, 6) is -1.31. The van der Waals surface area contributed by atoms with Crippen LogP contribution in [0.15, 0.2) is 36.4 Å². The lowest BCUT2D eigenvalue weighted by Gasteiger charge is -2.37. The predicted molar refractivity (Wildman–Crippen MR) is 109 cm³/mol. The fourth-order valence-electron chi connectivity index (χ4n) is 4.02. The molecule has 0 aromatic heterocycles. The molecule has 6 nitrogen and oxygen atoms in total. The Morgan fingerprint density at radius 2 is 1.90 bits per heavy atom. The molecule has 31 heavy (non-hydrogen) atoms. The van der Waals surface area contributed by atoms with Gasteiger partial charge in [0.2, 0.25) is 0 Å². The van der Waals surface area contributed by atoms with Crippen molar-refractivity contribution in [2.24, 2.45) is 0 Å². The summed E-state index contributed by atoms with van der Waals surface area (Å²) in [4.78, 5) is 13.5. The van der Waals surface area contributed by atoms with E-state index < -0.39 is 11.6 Å². The number of benzene rings is 2. The van der Waals surface area contributed by atoms with Crippen LogP contribution >= 0.6 is 0 Å². The minimum atomic E-state index is -0.657. The number of nitrogens with zero attached hydrogens (tertiary/aromatic N) is 2. The van der Waals surface area contributed by atoms with Crippen LogP contribution < -0.4 is 5.32 Å². The highest BCUT2D eigenvalue weighted by Gasteiger charge is 2.42. The van der Waals surface area contributed by atoms with E-state index in [4.69, 9.17) is 14.7 Å². The minimum absolute atomic E-state index is 0.0364. The van der Waals surface area contributed by atoms with Crippen LogP contribution in [0, 0.1) is 23.0 Å². The van der Waals surface area contributed by atoms with E-state index in [-0.39, 0.29) is 29.4 Å². The van der Waals surface area contributed by atoms with Crippen molar-refractivity contribution in [3.8, 4) is 17.2 Å². The van der Waals surface area contributed by atoms with Gasteiger partial charge in [-0.25, -0.2) is 13.6 Å². The fraction of sp³-hybridized carbons (Fsp3) is 0.391. The number of hydrogen-bond acceptors (Lipinski definition) is 5. The van der Waals surface area contributed by atoms with Crippen LogP contribution in [0.25, 0.3) is 11.1 Å². The van der Waals surface area contributed by atoms with Gasteiger partial charge in [0, 0.05) is 38.0 Å². The van der Waals surface area contributed by atoms with E-state index in [1.54, 1.807) is 0 Å². The van der Waals surface area contributed by atoms with Gasteiger partial charge in [-0.05, 0) is 23.8 Å². The number of halogens is 2. The molecular weight excluding hydrogens is 404 g/mol. The first-order valence-corrected chi connectivity index (χ1v) is 10.2. The summed E-state index contributed by atoms with van der Waals surface area (Å²) >= 11 is 0. The van der Waals surface area contributed by atoms with Gasteiger partial charge in [-0.3, -0.25) is 0 Å². The molecule has 162 valence electrons. The number of amides is 1. The number of hydrogen-bond donors (Lipinski definition) is 1. The first-order chi connectivity index (χ1) is 15.0. The van der Waals surface area contributed by atoms with Crippen LogP contribution in [0.5, 0.6) is 0 Å². The first kappa shape index (κ1) is 21.2. The number of ether oxygens (including phenoxy) is 2. The van der Waals surface area contributed by atoms with Crippen molar-refractivity contribution >= 4 is 6.09 Å². The van der Waals surface area contributed by atoms with Crippen LogP contribution in [0.4, 0.5) is 13.6 Å². The van der Waals surface area contributed by atoms with E-state index in [9.17, 15) is 13.6 Å². The van der Waals surface area contributed by atoms with Crippen LogP contribution in [-0.4, -0.2) is 49.4 Å². The average Bonchev–Trinajstić information content (AvgIpc) is 3.14. The maximum Gasteiger partial charge on any atom is 0.407 e. The highest BCUT2D eigenvalue weighted by atomic mass is 19.1. The number of rotatable bonds is 6. The molecule has 2 saturated heterocycles. The van der Waals surface area contributed by atoms with Gasteiger partial charge in [0.25, 0.3) is 0 Å². The lowest BCUT2D eigenvalue weighted by atomic mass is 9.92. The lowest BCUT2D eigenvalue weighted by molar-refractivity contribution is -0.00721. The van der Waals surface area contributed by atoms with Crippen molar-refractivity contribution in [1.29, 1.82) is 5.26 Å². The maximum atomic E-state index is 14.9. The highest BCUT2D eigenvalue weighted by Crippen LogP contribution is 2.30. The second kappa shape index (κ2) is 9.00. The maximum absolute atomic E-state index is 14.9. The summed E-state index contributed by atoms with van der Waals surface area (Å²) in [6.07, 6.45) is 1.19. The molecule has 2 aromatic rings. The van der Waals surface area contributed by atoms with Crippen molar-refractivity contribution < 1.29 is 23.0 Å². The number of nitriles is 1. The quantitative estimate of drug-likeness (QED) is 0.713. The summed E-state index contributed by atoms with van der Waals surface area (Å²) in [6.45, 7) is 3.28. The van der Waals surface area contributed by atoms with Gasteiger partial charge in [-0.2, -0.15) is 5.26 Å². The zero-order valence-electron chi connectivity index (χ0n) is 17.0. The molecule has 1 spiro atoms. The van der Waals surface area contributed by atoms with Crippen molar-refractivity contribution in [2.75, 3.05) is 32.8 Å². The number of carbonyl (C=O) groups is 1. The standard InChI is InChI=1S/C23H23F2N3O3/c24-19-6-5-18(21(25)20(19)17-3-1-16(13-26)2-4-17)14-30-12-11-28-9-7-23(8-10-28)15-27-22(29)31-23/h1-6H,7-12,14-15H2,(H,27,29). The molecule has 2 aliphatic heterocycles. The van der Waals surface area contributed by atoms with Gasteiger partial charge < -0.3 is 19.7 Å². The van der Waals surface area contributed by atoms with E-state index in [0.29, 0.717) is 30.8 Å². The van der Waals surface area contributed by atoms with Gasteiger partial charge >= 0.3 is 6.09 Å². The van der Waals surface area contributed by atoms with Crippen LogP contribution in [-0.2, 0) is 16.1 Å². The number of likely N-dealkylation sites (tertiary alicyclic amines) is 1. The van der Waals surface area contributed by atoms with Crippen molar-refractivity contribution in [2.45, 2.75) is 25.0 Å². The molecule has 2 aromatic carbocycles. The van der Waals surface area contributed by atoms with Crippen LogP contribution in [0.1, 0.15) is 24.0 Å². The van der Waals surface area contributed by atoms with Gasteiger partial charge in [0.05, 0.1) is 37.0 Å². The van der Waals surface area contributed by atoms with Gasteiger partial charge in [-0.1, -0.05) is 18.2 Å². The molecule has 0 aliphatic carbocycles. The molecular formula is C23H23F2N3O3. The molecule has 8 heteroatoms. The lowest BCUT2D eigenvalue weighted by Crippen LogP contribution is -2.47. The highest BCUT2D eigenvalue weighted by molar-refractivity contribution is 5.70. The third kappa shape index (κ3) is 4.68. The molecule has 0 saturated carbocycles. The van der Waals surface area contributed by atoms with Crippen molar-refractivity contribution in [3.63, 3.8) is 0 Å². The molecule has 2 heterocycles. The summed E-state index contributed by atoms with van der Waals surface area (Å²) in [5, 5.41) is 11.6. The molecule has 4 rings (SSSR count). The second-order valence-electron chi connectivity index (χ2n) is 7.90. The third-order valence-electron chi connectivity index (χ3n) is 5.91. The molecule has 2 fully saturated rings. The van der Waals surface area contributed by atoms with Gasteiger partial charge in [-0.15, -0.1) is 0 Å². The Morgan fingerprint density at radius 3 is 2.55 bits per heavy atom. The predicted octanol–water partition coefficient (Wildman–Crippen LogP) is 3.59. The Morgan fingerprint density at radius 1 is 1.16 bits per heavy atom. The van der Waals surface area contributed by atoms with Crippen LogP contribution in [0.3, 0.4) is 0 Å². The molecule has 2 aliphatic rings. The van der Waals surface area contributed by atoms with Crippen molar-refractivity contribution in [3.05, 3.63) is 59.2 Å². The van der Waals surface area contributed by atoms with Gasteiger partial charge in [0.15, 0.2) is 0 Å². The van der Waals surface area contributed by atoms with Crippen molar-refractivity contribution in [1.82, 2.24) is 10.2 Å². The second-order valence-corrected chi connectivity index (χ2v) is 7.90. The summed E-state index contributed by atoms with van der Waals surface area (Å²) in [6, 6.07) is 10.7. The normalized spacial score (nSPS) is 17.9. The average molecular weight is 427 g/mol. The van der Waals surface area contributed by atoms with Crippen LogP contribution in [0.2, 0.25) is 0 Å². The first-order valence-electron chi connectivity index (χ1n) is 10.2. The zero-order chi connectivity index (χ0) is 21.8. The minimum Gasteiger partial charge on any atom is -0.441 e. The fourth-order valence-corrected chi connectivity index (χ4v) is 4.02. The molecule has 0 atom stereocenters. The monoisotopic (exact) mass is 427 g/mol. The number of alkyl carbamates (subject to hydrolysis) is 1. The number of piperidine rings is 1. The topological polar surface area (TPSA) is 74.6 Å². The van der Waals surface area contributed by atoms with E-state index in [0.717, 1.165) is 25.9 Å². The summed E-state index contributed by atoms with van der Waals surface area (Å²) in [7, 11) is 0. The molecule has 0 bridgehead atoms. The number of carbonyl (C=O) groups excluding carboxylic acids is 1.